The standard InChI is InChI=1S/C16H34N2/c1-4-7-10-15(6-3)13-18-12-8-11-17-16(14-18)9-5-2/h15-17H,4-14H2,1-3H3. The summed E-state index contributed by atoms with van der Waals surface area (Å²) in [4.78, 5) is 2.73. The van der Waals surface area contributed by atoms with Crippen molar-refractivity contribution in [3.8, 4) is 0 Å². The van der Waals surface area contributed by atoms with E-state index in [1.807, 2.05) is 0 Å². The SMILES string of the molecule is CCCCC(CC)CN1CCCNC(CCC)C1. The summed E-state index contributed by atoms with van der Waals surface area (Å²) in [5.41, 5.74) is 0. The van der Waals surface area contributed by atoms with Crippen LogP contribution in [0.5, 0.6) is 0 Å². The predicted molar refractivity (Wildman–Crippen MR) is 81.1 cm³/mol. The first-order valence-corrected chi connectivity index (χ1v) is 8.25. The molecule has 1 N–H and O–H groups in total. The Bertz CT molecular complexity index is 194. The third-order valence-electron chi connectivity index (χ3n) is 4.26. The van der Waals surface area contributed by atoms with E-state index in [-0.39, 0.29) is 0 Å². The first-order chi connectivity index (χ1) is 8.80. The van der Waals surface area contributed by atoms with Crippen molar-refractivity contribution < 1.29 is 0 Å². The number of hydrogen-bond donors (Lipinski definition) is 1. The van der Waals surface area contributed by atoms with E-state index in [4.69, 9.17) is 0 Å². The molecule has 1 fully saturated rings. The molecule has 2 heteroatoms. The molecular formula is C16H34N2. The molecule has 2 atom stereocenters. The maximum Gasteiger partial charge on any atom is 0.0194 e. The Morgan fingerprint density at radius 3 is 2.72 bits per heavy atom. The first-order valence-electron chi connectivity index (χ1n) is 8.25. The van der Waals surface area contributed by atoms with Crippen molar-refractivity contribution >= 4 is 0 Å². The summed E-state index contributed by atoms with van der Waals surface area (Å²) in [5.74, 6) is 0.922. The van der Waals surface area contributed by atoms with Crippen LogP contribution in [0.2, 0.25) is 0 Å². The zero-order valence-electron chi connectivity index (χ0n) is 12.9. The van der Waals surface area contributed by atoms with Gasteiger partial charge in [0.1, 0.15) is 0 Å². The summed E-state index contributed by atoms with van der Waals surface area (Å²) in [6.07, 6.45) is 9.49. The second-order valence-electron chi connectivity index (χ2n) is 5.97. The van der Waals surface area contributed by atoms with Crippen LogP contribution in [0.1, 0.15) is 65.7 Å². The third-order valence-corrected chi connectivity index (χ3v) is 4.26. The molecular weight excluding hydrogens is 220 g/mol. The summed E-state index contributed by atoms with van der Waals surface area (Å²) >= 11 is 0. The summed E-state index contributed by atoms with van der Waals surface area (Å²) in [6.45, 7) is 12.1. The van der Waals surface area contributed by atoms with Gasteiger partial charge in [-0.1, -0.05) is 46.5 Å². The topological polar surface area (TPSA) is 15.3 Å². The van der Waals surface area contributed by atoms with Crippen molar-refractivity contribution in [3.05, 3.63) is 0 Å². The van der Waals surface area contributed by atoms with Crippen LogP contribution in [-0.4, -0.2) is 37.1 Å². The second kappa shape index (κ2) is 9.80. The van der Waals surface area contributed by atoms with Gasteiger partial charge in [0.25, 0.3) is 0 Å². The van der Waals surface area contributed by atoms with Gasteiger partial charge in [0.2, 0.25) is 0 Å². The maximum atomic E-state index is 3.71. The highest BCUT2D eigenvalue weighted by Crippen LogP contribution is 2.16. The maximum absolute atomic E-state index is 3.71. The van der Waals surface area contributed by atoms with Crippen LogP contribution in [0, 0.1) is 5.92 Å². The Labute approximate surface area is 115 Å². The number of unbranched alkanes of at least 4 members (excludes halogenated alkanes) is 1. The molecule has 0 aromatic heterocycles. The zero-order chi connectivity index (χ0) is 13.2. The van der Waals surface area contributed by atoms with Crippen LogP contribution in [0.15, 0.2) is 0 Å². The van der Waals surface area contributed by atoms with Crippen molar-refractivity contribution in [1.82, 2.24) is 10.2 Å². The van der Waals surface area contributed by atoms with Crippen LogP contribution in [-0.2, 0) is 0 Å². The molecule has 0 spiro atoms. The lowest BCUT2D eigenvalue weighted by Gasteiger charge is -2.28. The Hall–Kier alpha value is -0.0800. The fraction of sp³-hybridized carbons (Fsp3) is 1.00. The number of nitrogens with one attached hydrogen (secondary N) is 1. The van der Waals surface area contributed by atoms with E-state index in [1.54, 1.807) is 0 Å². The quantitative estimate of drug-likeness (QED) is 0.711. The Morgan fingerprint density at radius 1 is 1.22 bits per heavy atom. The van der Waals surface area contributed by atoms with E-state index in [9.17, 15) is 0 Å². The van der Waals surface area contributed by atoms with Gasteiger partial charge in [-0.2, -0.15) is 0 Å². The summed E-state index contributed by atoms with van der Waals surface area (Å²) in [5, 5.41) is 3.71. The molecule has 0 amide bonds. The molecule has 1 aliphatic rings. The minimum absolute atomic E-state index is 0.737. The van der Waals surface area contributed by atoms with Gasteiger partial charge in [0.15, 0.2) is 0 Å². The number of nitrogens with zero attached hydrogens (tertiary/aromatic N) is 1. The van der Waals surface area contributed by atoms with E-state index < -0.39 is 0 Å². The van der Waals surface area contributed by atoms with Crippen molar-refractivity contribution in [1.29, 1.82) is 0 Å². The Morgan fingerprint density at radius 2 is 2.06 bits per heavy atom. The lowest BCUT2D eigenvalue weighted by molar-refractivity contribution is 0.212. The highest BCUT2D eigenvalue weighted by Gasteiger charge is 2.19. The van der Waals surface area contributed by atoms with Crippen molar-refractivity contribution in [2.75, 3.05) is 26.2 Å². The summed E-state index contributed by atoms with van der Waals surface area (Å²) < 4.78 is 0. The lowest BCUT2D eigenvalue weighted by Crippen LogP contribution is -2.39. The number of rotatable bonds is 8. The van der Waals surface area contributed by atoms with Crippen molar-refractivity contribution in [2.45, 2.75) is 71.8 Å². The monoisotopic (exact) mass is 254 g/mol. The summed E-state index contributed by atoms with van der Waals surface area (Å²) in [7, 11) is 0. The molecule has 2 nitrogen and oxygen atoms in total. The largest absolute Gasteiger partial charge is 0.313 e. The van der Waals surface area contributed by atoms with Crippen molar-refractivity contribution in [2.24, 2.45) is 5.92 Å². The molecule has 0 aromatic rings. The highest BCUT2D eigenvalue weighted by atomic mass is 15.2. The van der Waals surface area contributed by atoms with Crippen LogP contribution in [0.3, 0.4) is 0 Å². The first kappa shape index (κ1) is 16.0. The van der Waals surface area contributed by atoms with Gasteiger partial charge < -0.3 is 10.2 Å². The third kappa shape index (κ3) is 6.19. The minimum Gasteiger partial charge on any atom is -0.313 e. The van der Waals surface area contributed by atoms with E-state index >= 15 is 0 Å². The Balaban J connectivity index is 2.36. The molecule has 1 rings (SSSR count). The van der Waals surface area contributed by atoms with Gasteiger partial charge in [-0.25, -0.2) is 0 Å². The highest BCUT2D eigenvalue weighted by molar-refractivity contribution is 4.77. The summed E-state index contributed by atoms with van der Waals surface area (Å²) in [6, 6.07) is 0.737. The predicted octanol–water partition coefficient (Wildman–Crippen LogP) is 3.67. The molecule has 1 heterocycles. The average molecular weight is 254 g/mol. The van der Waals surface area contributed by atoms with Gasteiger partial charge in [0, 0.05) is 19.1 Å². The molecule has 0 saturated carbocycles. The zero-order valence-corrected chi connectivity index (χ0v) is 12.9. The molecule has 0 aromatic carbocycles. The van der Waals surface area contributed by atoms with Gasteiger partial charge >= 0.3 is 0 Å². The van der Waals surface area contributed by atoms with E-state index in [0.717, 1.165) is 12.0 Å². The van der Waals surface area contributed by atoms with Crippen molar-refractivity contribution in [3.63, 3.8) is 0 Å². The molecule has 2 unspecified atom stereocenters. The number of hydrogen-bond acceptors (Lipinski definition) is 2. The molecule has 1 saturated heterocycles. The second-order valence-corrected chi connectivity index (χ2v) is 5.97. The van der Waals surface area contributed by atoms with E-state index in [2.05, 4.69) is 31.0 Å². The lowest BCUT2D eigenvalue weighted by atomic mass is 9.98. The minimum atomic E-state index is 0.737. The molecule has 108 valence electrons. The fourth-order valence-corrected chi connectivity index (χ4v) is 3.07. The van der Waals surface area contributed by atoms with Gasteiger partial charge in [0.05, 0.1) is 0 Å². The molecule has 0 aliphatic carbocycles. The smallest absolute Gasteiger partial charge is 0.0194 e. The van der Waals surface area contributed by atoms with Gasteiger partial charge in [-0.15, -0.1) is 0 Å². The van der Waals surface area contributed by atoms with E-state index in [1.165, 1.54) is 71.1 Å². The van der Waals surface area contributed by atoms with Crippen LogP contribution in [0.4, 0.5) is 0 Å². The van der Waals surface area contributed by atoms with Crippen LogP contribution in [0.25, 0.3) is 0 Å². The Kier molecular flexibility index (Phi) is 8.70. The molecule has 0 radical (unpaired) electrons. The van der Waals surface area contributed by atoms with Crippen LogP contribution < -0.4 is 5.32 Å². The molecule has 1 aliphatic heterocycles. The molecule has 18 heavy (non-hydrogen) atoms. The van der Waals surface area contributed by atoms with Gasteiger partial charge in [-0.05, 0) is 38.3 Å². The van der Waals surface area contributed by atoms with E-state index in [0.29, 0.717) is 0 Å². The normalized spacial score (nSPS) is 23.8. The average Bonchev–Trinajstić information content (AvgIpc) is 2.60. The van der Waals surface area contributed by atoms with Crippen LogP contribution >= 0.6 is 0 Å². The van der Waals surface area contributed by atoms with Gasteiger partial charge in [-0.3, -0.25) is 0 Å². The fourth-order valence-electron chi connectivity index (χ4n) is 3.07. The molecule has 0 bridgehead atoms.